The van der Waals surface area contributed by atoms with Crippen LogP contribution in [0.2, 0.25) is 0 Å². The Morgan fingerprint density at radius 1 is 0.882 bits per heavy atom. The van der Waals surface area contributed by atoms with Gasteiger partial charge in [-0.25, -0.2) is 0 Å². The van der Waals surface area contributed by atoms with E-state index >= 15 is 0 Å². The SMILES string of the molecule is Cn1c2ccc(Br)cc2c2cc(Br)cc(Br)c21. The molecule has 0 N–H and O–H groups in total. The third-order valence-electron chi connectivity index (χ3n) is 2.97. The molecule has 0 atom stereocenters. The number of fused-ring (bicyclic) bond motifs is 3. The molecule has 0 aliphatic rings. The van der Waals surface area contributed by atoms with Crippen molar-refractivity contribution in [2.24, 2.45) is 7.05 Å². The minimum absolute atomic E-state index is 1.09. The van der Waals surface area contributed by atoms with E-state index in [0.717, 1.165) is 13.4 Å². The van der Waals surface area contributed by atoms with Gasteiger partial charge in [-0.05, 0) is 46.3 Å². The fourth-order valence-electron chi connectivity index (χ4n) is 2.25. The molecule has 2 aromatic carbocycles. The molecule has 1 aromatic heterocycles. The minimum Gasteiger partial charge on any atom is -0.343 e. The van der Waals surface area contributed by atoms with E-state index < -0.39 is 0 Å². The summed E-state index contributed by atoms with van der Waals surface area (Å²) in [7, 11) is 2.09. The zero-order chi connectivity index (χ0) is 12.2. The van der Waals surface area contributed by atoms with Gasteiger partial charge in [-0.3, -0.25) is 0 Å². The van der Waals surface area contributed by atoms with Crippen LogP contribution in [0.3, 0.4) is 0 Å². The van der Waals surface area contributed by atoms with Crippen LogP contribution in [0.1, 0.15) is 0 Å². The monoisotopic (exact) mass is 415 g/mol. The molecule has 4 heteroatoms. The van der Waals surface area contributed by atoms with Crippen LogP contribution >= 0.6 is 47.8 Å². The second-order valence-electron chi connectivity index (χ2n) is 4.00. The van der Waals surface area contributed by atoms with Crippen LogP contribution in [0.25, 0.3) is 21.8 Å². The third kappa shape index (κ3) is 1.77. The second kappa shape index (κ2) is 4.11. The lowest BCUT2D eigenvalue weighted by molar-refractivity contribution is 1.01. The van der Waals surface area contributed by atoms with Crippen LogP contribution in [0.5, 0.6) is 0 Å². The van der Waals surface area contributed by atoms with E-state index in [1.807, 2.05) is 0 Å². The first kappa shape index (κ1) is 11.8. The third-order valence-corrected chi connectivity index (χ3v) is 4.53. The summed E-state index contributed by atoms with van der Waals surface area (Å²) in [5.41, 5.74) is 2.46. The van der Waals surface area contributed by atoms with Gasteiger partial charge in [-0.2, -0.15) is 0 Å². The van der Waals surface area contributed by atoms with Gasteiger partial charge in [-0.15, -0.1) is 0 Å². The summed E-state index contributed by atoms with van der Waals surface area (Å²) < 4.78 is 5.52. The summed E-state index contributed by atoms with van der Waals surface area (Å²) in [4.78, 5) is 0. The molecule has 0 saturated heterocycles. The molecule has 0 saturated carbocycles. The molecule has 1 heterocycles. The molecule has 3 rings (SSSR count). The zero-order valence-electron chi connectivity index (χ0n) is 8.97. The molecular weight excluding hydrogens is 410 g/mol. The van der Waals surface area contributed by atoms with Gasteiger partial charge in [0.25, 0.3) is 0 Å². The summed E-state index contributed by atoms with van der Waals surface area (Å²) in [6.07, 6.45) is 0. The Morgan fingerprint density at radius 2 is 1.59 bits per heavy atom. The highest BCUT2D eigenvalue weighted by Crippen LogP contribution is 2.36. The smallest absolute Gasteiger partial charge is 0.0633 e. The van der Waals surface area contributed by atoms with E-state index in [2.05, 4.69) is 89.7 Å². The summed E-state index contributed by atoms with van der Waals surface area (Å²) in [5, 5.41) is 2.52. The van der Waals surface area contributed by atoms with E-state index in [-0.39, 0.29) is 0 Å². The van der Waals surface area contributed by atoms with Crippen molar-refractivity contribution in [3.63, 3.8) is 0 Å². The molecule has 17 heavy (non-hydrogen) atoms. The van der Waals surface area contributed by atoms with E-state index in [9.17, 15) is 0 Å². The molecule has 0 bridgehead atoms. The topological polar surface area (TPSA) is 4.93 Å². The van der Waals surface area contributed by atoms with Crippen LogP contribution in [0.15, 0.2) is 43.7 Å². The quantitative estimate of drug-likeness (QED) is 0.447. The second-order valence-corrected chi connectivity index (χ2v) is 6.69. The summed E-state index contributed by atoms with van der Waals surface area (Å²) >= 11 is 10.7. The number of rotatable bonds is 0. The van der Waals surface area contributed by atoms with Crippen molar-refractivity contribution < 1.29 is 0 Å². The van der Waals surface area contributed by atoms with Crippen LogP contribution in [-0.2, 0) is 7.05 Å². The number of aromatic nitrogens is 1. The fourth-order valence-corrected chi connectivity index (χ4v) is 4.10. The number of nitrogens with zero attached hydrogens (tertiary/aromatic N) is 1. The van der Waals surface area contributed by atoms with Gasteiger partial charge in [0.15, 0.2) is 0 Å². The standard InChI is InChI=1S/C13H8Br3N/c1-17-12-3-2-7(14)4-9(12)10-5-8(15)6-11(16)13(10)17/h2-6H,1H3. The van der Waals surface area contributed by atoms with Crippen molar-refractivity contribution >= 4 is 69.6 Å². The number of halogens is 3. The number of aryl methyl sites for hydroxylation is 1. The Labute approximate surface area is 124 Å². The van der Waals surface area contributed by atoms with Gasteiger partial charge < -0.3 is 4.57 Å². The highest BCUT2D eigenvalue weighted by Gasteiger charge is 2.11. The largest absolute Gasteiger partial charge is 0.343 e. The van der Waals surface area contributed by atoms with Crippen molar-refractivity contribution in [3.8, 4) is 0 Å². The number of hydrogen-bond acceptors (Lipinski definition) is 0. The van der Waals surface area contributed by atoms with Gasteiger partial charge in [0.1, 0.15) is 0 Å². The Hall–Kier alpha value is -0.320. The molecule has 86 valence electrons. The van der Waals surface area contributed by atoms with Gasteiger partial charge in [0.2, 0.25) is 0 Å². The highest BCUT2D eigenvalue weighted by molar-refractivity contribution is 9.11. The predicted octanol–water partition coefficient (Wildman–Crippen LogP) is 5.62. The highest BCUT2D eigenvalue weighted by atomic mass is 79.9. The molecule has 0 fully saturated rings. The molecule has 0 aliphatic heterocycles. The van der Waals surface area contributed by atoms with Crippen molar-refractivity contribution in [3.05, 3.63) is 43.7 Å². The Morgan fingerprint density at radius 3 is 2.35 bits per heavy atom. The molecule has 0 spiro atoms. The predicted molar refractivity (Wildman–Crippen MR) is 83.5 cm³/mol. The van der Waals surface area contributed by atoms with E-state index in [4.69, 9.17) is 0 Å². The van der Waals surface area contributed by atoms with Crippen molar-refractivity contribution in [2.45, 2.75) is 0 Å². The molecule has 1 nitrogen and oxygen atoms in total. The summed E-state index contributed by atoms with van der Waals surface area (Å²) in [5.74, 6) is 0. The lowest BCUT2D eigenvalue weighted by Gasteiger charge is -2.00. The van der Waals surface area contributed by atoms with Crippen LogP contribution < -0.4 is 0 Å². The fraction of sp³-hybridized carbons (Fsp3) is 0.0769. The van der Waals surface area contributed by atoms with Crippen LogP contribution in [-0.4, -0.2) is 4.57 Å². The van der Waals surface area contributed by atoms with E-state index in [1.165, 1.54) is 21.8 Å². The summed E-state index contributed by atoms with van der Waals surface area (Å²) in [6.45, 7) is 0. The van der Waals surface area contributed by atoms with Gasteiger partial charge in [0.05, 0.1) is 5.52 Å². The van der Waals surface area contributed by atoms with Crippen molar-refractivity contribution in [1.82, 2.24) is 4.57 Å². The molecule has 0 aliphatic carbocycles. The van der Waals surface area contributed by atoms with Crippen LogP contribution in [0, 0.1) is 0 Å². The van der Waals surface area contributed by atoms with Gasteiger partial charge >= 0.3 is 0 Å². The zero-order valence-corrected chi connectivity index (χ0v) is 13.7. The first-order valence-corrected chi connectivity index (χ1v) is 7.48. The Kier molecular flexibility index (Phi) is 2.84. The van der Waals surface area contributed by atoms with Crippen molar-refractivity contribution in [2.75, 3.05) is 0 Å². The molecule has 0 amide bonds. The lowest BCUT2D eigenvalue weighted by atomic mass is 10.2. The van der Waals surface area contributed by atoms with Gasteiger partial charge in [-0.1, -0.05) is 31.9 Å². The average Bonchev–Trinajstić information content (AvgIpc) is 2.52. The van der Waals surface area contributed by atoms with Gasteiger partial charge in [0, 0.05) is 36.8 Å². The Balaban J connectivity index is 2.64. The minimum atomic E-state index is 1.09. The normalized spacial score (nSPS) is 11.5. The number of hydrogen-bond donors (Lipinski definition) is 0. The maximum Gasteiger partial charge on any atom is 0.0633 e. The first-order chi connectivity index (χ1) is 8.08. The number of benzene rings is 2. The van der Waals surface area contributed by atoms with Crippen molar-refractivity contribution in [1.29, 1.82) is 0 Å². The summed E-state index contributed by atoms with van der Waals surface area (Å²) in [6, 6.07) is 10.6. The molecular formula is C13H8Br3N. The average molecular weight is 418 g/mol. The Bertz CT molecular complexity index is 743. The molecule has 0 unspecified atom stereocenters. The maximum atomic E-state index is 3.63. The van der Waals surface area contributed by atoms with Crippen LogP contribution in [0.4, 0.5) is 0 Å². The lowest BCUT2D eigenvalue weighted by Crippen LogP contribution is -1.87. The maximum absolute atomic E-state index is 3.63. The first-order valence-electron chi connectivity index (χ1n) is 5.10. The molecule has 0 radical (unpaired) electrons. The van der Waals surface area contributed by atoms with E-state index in [0.29, 0.717) is 0 Å². The molecule has 3 aromatic rings. The van der Waals surface area contributed by atoms with E-state index in [1.54, 1.807) is 0 Å².